The predicted octanol–water partition coefficient (Wildman–Crippen LogP) is 4.42. The van der Waals surface area contributed by atoms with Gasteiger partial charge in [-0.1, -0.05) is 36.4 Å². The van der Waals surface area contributed by atoms with E-state index in [0.717, 1.165) is 5.75 Å². The van der Waals surface area contributed by atoms with Gasteiger partial charge in [0.1, 0.15) is 5.75 Å². The minimum Gasteiger partial charge on any atom is -0.497 e. The van der Waals surface area contributed by atoms with Gasteiger partial charge in [0.05, 0.1) is 7.11 Å². The summed E-state index contributed by atoms with van der Waals surface area (Å²) in [4.78, 5) is 0. The third kappa shape index (κ3) is 3.11. The summed E-state index contributed by atoms with van der Waals surface area (Å²) in [6.45, 7) is 2.23. The largest absolute Gasteiger partial charge is 0.497 e. The first-order valence-corrected chi connectivity index (χ1v) is 7.75. The second-order valence-electron chi connectivity index (χ2n) is 5.81. The molecule has 0 saturated carbocycles. The number of hydrogen-bond acceptors (Lipinski definition) is 2. The van der Waals surface area contributed by atoms with Crippen LogP contribution in [-0.4, -0.2) is 7.11 Å². The number of fused-ring (bicyclic) bond motifs is 1. The molecule has 0 bridgehead atoms. The van der Waals surface area contributed by atoms with Crippen LogP contribution in [0.2, 0.25) is 0 Å². The van der Waals surface area contributed by atoms with Gasteiger partial charge in [0.25, 0.3) is 0 Å². The fourth-order valence-corrected chi connectivity index (χ4v) is 3.24. The number of hydrogen-bond donors (Lipinski definition) is 1. The molecule has 0 spiro atoms. The van der Waals surface area contributed by atoms with Crippen LogP contribution in [0.4, 0.5) is 0 Å². The molecule has 110 valence electrons. The minimum absolute atomic E-state index is 0.316. The van der Waals surface area contributed by atoms with E-state index < -0.39 is 0 Å². The van der Waals surface area contributed by atoms with Crippen LogP contribution >= 0.6 is 0 Å². The number of ether oxygens (including phenoxy) is 1. The van der Waals surface area contributed by atoms with E-state index in [-0.39, 0.29) is 0 Å². The average Bonchev–Trinajstić information content (AvgIpc) is 2.55. The topological polar surface area (TPSA) is 21.3 Å². The molecule has 0 amide bonds. The number of benzene rings is 2. The third-order valence-electron chi connectivity index (χ3n) is 4.41. The quantitative estimate of drug-likeness (QED) is 0.895. The van der Waals surface area contributed by atoms with Crippen molar-refractivity contribution in [3.63, 3.8) is 0 Å². The van der Waals surface area contributed by atoms with Crippen LogP contribution < -0.4 is 10.1 Å². The molecular formula is C19H23NO. The minimum atomic E-state index is 0.316. The maximum atomic E-state index is 5.32. The molecule has 0 radical (unpaired) electrons. The van der Waals surface area contributed by atoms with Crippen molar-refractivity contribution in [2.45, 2.75) is 38.3 Å². The Labute approximate surface area is 127 Å². The second-order valence-corrected chi connectivity index (χ2v) is 5.81. The second kappa shape index (κ2) is 6.31. The first kappa shape index (κ1) is 14.2. The van der Waals surface area contributed by atoms with E-state index in [9.17, 15) is 0 Å². The van der Waals surface area contributed by atoms with Crippen LogP contribution in [0.3, 0.4) is 0 Å². The van der Waals surface area contributed by atoms with Crippen molar-refractivity contribution in [3.8, 4) is 5.75 Å². The Bertz CT molecular complexity index is 608. The molecule has 2 nitrogen and oxygen atoms in total. The summed E-state index contributed by atoms with van der Waals surface area (Å²) in [6.07, 6.45) is 3.69. The van der Waals surface area contributed by atoms with E-state index in [1.807, 2.05) is 6.07 Å². The third-order valence-corrected chi connectivity index (χ3v) is 4.41. The Morgan fingerprint density at radius 3 is 2.86 bits per heavy atom. The lowest BCUT2D eigenvalue weighted by Gasteiger charge is -2.29. The van der Waals surface area contributed by atoms with E-state index >= 15 is 0 Å². The Hall–Kier alpha value is -1.80. The monoisotopic (exact) mass is 281 g/mol. The Morgan fingerprint density at radius 1 is 1.14 bits per heavy atom. The summed E-state index contributed by atoms with van der Waals surface area (Å²) in [5.41, 5.74) is 4.25. The molecule has 0 heterocycles. The van der Waals surface area contributed by atoms with Gasteiger partial charge in [-0.15, -0.1) is 0 Å². The lowest BCUT2D eigenvalue weighted by molar-refractivity contribution is 0.404. The summed E-state index contributed by atoms with van der Waals surface area (Å²) in [7, 11) is 1.72. The Kier molecular flexibility index (Phi) is 4.26. The first-order chi connectivity index (χ1) is 10.3. The SMILES string of the molecule is COc1cccc(C(C)NC2CCCc3ccccc32)c1. The van der Waals surface area contributed by atoms with Crippen LogP contribution in [0.5, 0.6) is 5.75 Å². The molecule has 0 aliphatic heterocycles. The first-order valence-electron chi connectivity index (χ1n) is 7.75. The van der Waals surface area contributed by atoms with Gasteiger partial charge in [-0.2, -0.15) is 0 Å². The van der Waals surface area contributed by atoms with Crippen molar-refractivity contribution < 1.29 is 4.74 Å². The zero-order chi connectivity index (χ0) is 14.7. The molecule has 2 aromatic rings. The van der Waals surface area contributed by atoms with E-state index in [1.165, 1.54) is 36.0 Å². The van der Waals surface area contributed by atoms with Crippen molar-refractivity contribution in [2.24, 2.45) is 0 Å². The van der Waals surface area contributed by atoms with Crippen molar-refractivity contribution >= 4 is 0 Å². The summed E-state index contributed by atoms with van der Waals surface area (Å²) < 4.78 is 5.32. The van der Waals surface area contributed by atoms with Gasteiger partial charge in [0, 0.05) is 12.1 Å². The molecule has 3 rings (SSSR count). The molecule has 1 N–H and O–H groups in total. The molecule has 21 heavy (non-hydrogen) atoms. The van der Waals surface area contributed by atoms with Crippen LogP contribution in [0.25, 0.3) is 0 Å². The zero-order valence-electron chi connectivity index (χ0n) is 12.8. The van der Waals surface area contributed by atoms with E-state index in [2.05, 4.69) is 54.7 Å². The van der Waals surface area contributed by atoms with Gasteiger partial charge in [0.2, 0.25) is 0 Å². The molecule has 0 fully saturated rings. The number of aryl methyl sites for hydroxylation is 1. The zero-order valence-corrected chi connectivity index (χ0v) is 12.8. The highest BCUT2D eigenvalue weighted by Gasteiger charge is 2.21. The number of nitrogens with one attached hydrogen (secondary N) is 1. The molecule has 2 heteroatoms. The fourth-order valence-electron chi connectivity index (χ4n) is 3.24. The smallest absolute Gasteiger partial charge is 0.119 e. The molecule has 0 saturated heterocycles. The maximum absolute atomic E-state index is 5.32. The maximum Gasteiger partial charge on any atom is 0.119 e. The van der Waals surface area contributed by atoms with Gasteiger partial charge in [-0.05, 0) is 55.0 Å². The normalized spacial score (nSPS) is 18.9. The van der Waals surface area contributed by atoms with Crippen molar-refractivity contribution in [1.29, 1.82) is 0 Å². The van der Waals surface area contributed by atoms with Crippen molar-refractivity contribution in [2.75, 3.05) is 7.11 Å². The van der Waals surface area contributed by atoms with Crippen LogP contribution in [-0.2, 0) is 6.42 Å². The standard InChI is InChI=1S/C19H23NO/c1-14(16-9-5-10-17(13-16)21-2)20-19-12-6-8-15-7-3-4-11-18(15)19/h3-5,7,9-11,13-14,19-20H,6,8,12H2,1-2H3. The van der Waals surface area contributed by atoms with E-state index in [4.69, 9.17) is 4.74 Å². The van der Waals surface area contributed by atoms with Crippen molar-refractivity contribution in [3.05, 3.63) is 65.2 Å². The molecule has 1 aliphatic carbocycles. The highest BCUT2D eigenvalue weighted by molar-refractivity contribution is 5.34. The summed E-state index contributed by atoms with van der Waals surface area (Å²) in [6, 6.07) is 17.9. The van der Waals surface area contributed by atoms with Gasteiger partial charge in [-0.3, -0.25) is 0 Å². The van der Waals surface area contributed by atoms with Gasteiger partial charge in [-0.25, -0.2) is 0 Å². The lowest BCUT2D eigenvalue weighted by atomic mass is 9.87. The van der Waals surface area contributed by atoms with Gasteiger partial charge < -0.3 is 10.1 Å². The Morgan fingerprint density at radius 2 is 2.00 bits per heavy atom. The molecule has 1 aliphatic rings. The van der Waals surface area contributed by atoms with Crippen LogP contribution in [0.15, 0.2) is 48.5 Å². The fraction of sp³-hybridized carbons (Fsp3) is 0.368. The average molecular weight is 281 g/mol. The van der Waals surface area contributed by atoms with Gasteiger partial charge >= 0.3 is 0 Å². The summed E-state index contributed by atoms with van der Waals surface area (Å²) >= 11 is 0. The molecule has 2 unspecified atom stereocenters. The van der Waals surface area contributed by atoms with E-state index in [1.54, 1.807) is 7.11 Å². The summed E-state index contributed by atoms with van der Waals surface area (Å²) in [5.74, 6) is 0.921. The van der Waals surface area contributed by atoms with Crippen LogP contribution in [0.1, 0.15) is 48.5 Å². The molecule has 0 aromatic heterocycles. The molecule has 2 atom stereocenters. The molecule has 2 aromatic carbocycles. The van der Waals surface area contributed by atoms with Gasteiger partial charge in [0.15, 0.2) is 0 Å². The Balaban J connectivity index is 1.77. The van der Waals surface area contributed by atoms with Crippen molar-refractivity contribution in [1.82, 2.24) is 5.32 Å². The predicted molar refractivity (Wildman–Crippen MR) is 86.7 cm³/mol. The highest BCUT2D eigenvalue weighted by Crippen LogP contribution is 2.32. The number of rotatable bonds is 4. The van der Waals surface area contributed by atoms with E-state index in [0.29, 0.717) is 12.1 Å². The molecular weight excluding hydrogens is 258 g/mol. The summed E-state index contributed by atoms with van der Waals surface area (Å²) in [5, 5.41) is 3.79. The lowest BCUT2D eigenvalue weighted by Crippen LogP contribution is -2.27. The van der Waals surface area contributed by atoms with Crippen LogP contribution in [0, 0.1) is 0 Å². The number of methoxy groups -OCH3 is 1. The highest BCUT2D eigenvalue weighted by atomic mass is 16.5.